The van der Waals surface area contributed by atoms with Crippen molar-refractivity contribution in [3.63, 3.8) is 0 Å². The summed E-state index contributed by atoms with van der Waals surface area (Å²) in [5, 5.41) is 16.3. The number of pyridine rings is 1. The zero-order valence-corrected chi connectivity index (χ0v) is 15.0. The molecule has 4 rings (SSSR count). The second kappa shape index (κ2) is 7.08. The molecular formula is C17H13F3N6OS. The van der Waals surface area contributed by atoms with E-state index in [1.165, 1.54) is 18.2 Å². The van der Waals surface area contributed by atoms with E-state index in [-0.39, 0.29) is 10.6 Å². The number of fused-ring (bicyclic) bond motifs is 1. The number of halogens is 3. The molecule has 0 aliphatic carbocycles. The zero-order valence-electron chi connectivity index (χ0n) is 14.2. The van der Waals surface area contributed by atoms with Gasteiger partial charge in [-0.3, -0.25) is 15.1 Å². The fraction of sp³-hybridized carbons (Fsp3) is 0.176. The van der Waals surface area contributed by atoms with Crippen molar-refractivity contribution in [2.45, 2.75) is 19.5 Å². The van der Waals surface area contributed by atoms with Gasteiger partial charge >= 0.3 is 6.36 Å². The maximum atomic E-state index is 12.4. The minimum Gasteiger partial charge on any atom is -0.406 e. The predicted octanol–water partition coefficient (Wildman–Crippen LogP) is 3.43. The molecular weight excluding hydrogens is 393 g/mol. The highest BCUT2D eigenvalue weighted by Gasteiger charge is 2.31. The SMILES string of the molecule is N=c1sc2cc(OC(F)(F)F)ccc2n1CCn1cc(-c2ccncc2)nn1. The van der Waals surface area contributed by atoms with E-state index in [4.69, 9.17) is 5.41 Å². The fourth-order valence-electron chi connectivity index (χ4n) is 2.75. The lowest BCUT2D eigenvalue weighted by Crippen LogP contribution is -2.17. The molecule has 11 heteroatoms. The summed E-state index contributed by atoms with van der Waals surface area (Å²) in [5.74, 6) is -0.299. The first-order chi connectivity index (χ1) is 13.4. The normalized spacial score (nSPS) is 11.8. The molecule has 28 heavy (non-hydrogen) atoms. The van der Waals surface area contributed by atoms with Gasteiger partial charge in [0.1, 0.15) is 11.4 Å². The van der Waals surface area contributed by atoms with Crippen LogP contribution >= 0.6 is 11.3 Å². The highest BCUT2D eigenvalue weighted by molar-refractivity contribution is 7.16. The summed E-state index contributed by atoms with van der Waals surface area (Å²) in [6.07, 6.45) is 0.392. The molecule has 0 aliphatic rings. The van der Waals surface area contributed by atoms with Gasteiger partial charge < -0.3 is 9.30 Å². The van der Waals surface area contributed by atoms with Crippen LogP contribution in [0.3, 0.4) is 0 Å². The van der Waals surface area contributed by atoms with Gasteiger partial charge in [0.05, 0.1) is 23.0 Å². The van der Waals surface area contributed by atoms with E-state index < -0.39 is 6.36 Å². The van der Waals surface area contributed by atoms with Crippen LogP contribution in [0.1, 0.15) is 0 Å². The third kappa shape index (κ3) is 3.88. The Hall–Kier alpha value is -3.21. The number of alkyl halides is 3. The van der Waals surface area contributed by atoms with Crippen LogP contribution in [0.2, 0.25) is 0 Å². The Balaban J connectivity index is 1.53. The molecule has 0 saturated carbocycles. The van der Waals surface area contributed by atoms with Crippen LogP contribution in [0.25, 0.3) is 21.5 Å². The number of aromatic nitrogens is 5. The minimum absolute atomic E-state index is 0.230. The molecule has 0 radical (unpaired) electrons. The molecule has 0 saturated heterocycles. The molecule has 3 heterocycles. The molecule has 0 atom stereocenters. The lowest BCUT2D eigenvalue weighted by Gasteiger charge is -2.09. The van der Waals surface area contributed by atoms with Crippen LogP contribution in [0.5, 0.6) is 5.75 Å². The van der Waals surface area contributed by atoms with Crippen molar-refractivity contribution in [3.8, 4) is 17.0 Å². The molecule has 1 aromatic carbocycles. The quantitative estimate of drug-likeness (QED) is 0.551. The van der Waals surface area contributed by atoms with Gasteiger partial charge in [-0.2, -0.15) is 0 Å². The van der Waals surface area contributed by atoms with Crippen LogP contribution in [0.4, 0.5) is 13.2 Å². The standard InChI is InChI=1S/C17H13F3N6OS/c18-17(19,20)27-12-1-2-14-15(9-12)28-16(21)26(14)8-7-25-10-13(23-24-25)11-3-5-22-6-4-11/h1-6,9-10,21H,7-8H2. The van der Waals surface area contributed by atoms with Crippen LogP contribution in [-0.2, 0) is 13.1 Å². The Morgan fingerprint density at radius 1 is 1.11 bits per heavy atom. The molecule has 7 nitrogen and oxygen atoms in total. The number of aryl methyl sites for hydroxylation is 2. The third-order valence-electron chi connectivity index (χ3n) is 3.97. The van der Waals surface area contributed by atoms with Gasteiger partial charge in [0.25, 0.3) is 0 Å². The maximum Gasteiger partial charge on any atom is 0.573 e. The number of hydrogen-bond donors (Lipinski definition) is 1. The van der Waals surface area contributed by atoms with E-state index in [9.17, 15) is 13.2 Å². The number of nitrogens with one attached hydrogen (secondary N) is 1. The van der Waals surface area contributed by atoms with Crippen LogP contribution in [0, 0.1) is 5.41 Å². The fourth-order valence-corrected chi connectivity index (χ4v) is 3.72. The number of rotatable bonds is 5. The first kappa shape index (κ1) is 18.2. The van der Waals surface area contributed by atoms with Gasteiger partial charge in [0.15, 0.2) is 4.80 Å². The molecule has 0 spiro atoms. The Morgan fingerprint density at radius 3 is 2.64 bits per heavy atom. The van der Waals surface area contributed by atoms with E-state index in [1.807, 2.05) is 12.1 Å². The van der Waals surface area contributed by atoms with E-state index in [0.717, 1.165) is 16.9 Å². The summed E-state index contributed by atoms with van der Waals surface area (Å²) in [6, 6.07) is 7.72. The molecule has 0 fully saturated rings. The Kier molecular flexibility index (Phi) is 4.59. The summed E-state index contributed by atoms with van der Waals surface area (Å²) in [4.78, 5) is 4.19. The van der Waals surface area contributed by atoms with E-state index in [0.29, 0.717) is 29.0 Å². The van der Waals surface area contributed by atoms with Crippen molar-refractivity contribution in [2.75, 3.05) is 0 Å². The smallest absolute Gasteiger partial charge is 0.406 e. The van der Waals surface area contributed by atoms with Crippen LogP contribution < -0.4 is 9.54 Å². The molecule has 3 aromatic heterocycles. The van der Waals surface area contributed by atoms with Crippen molar-refractivity contribution < 1.29 is 17.9 Å². The van der Waals surface area contributed by atoms with E-state index in [1.54, 1.807) is 27.8 Å². The maximum absolute atomic E-state index is 12.4. The lowest BCUT2D eigenvalue weighted by atomic mass is 10.2. The molecule has 4 aromatic rings. The first-order valence-electron chi connectivity index (χ1n) is 8.13. The average Bonchev–Trinajstić information content (AvgIpc) is 3.23. The minimum atomic E-state index is -4.75. The second-order valence-electron chi connectivity index (χ2n) is 5.84. The van der Waals surface area contributed by atoms with Crippen molar-refractivity contribution in [1.82, 2.24) is 24.5 Å². The van der Waals surface area contributed by atoms with Gasteiger partial charge in [-0.05, 0) is 30.3 Å². The van der Waals surface area contributed by atoms with Gasteiger partial charge in [-0.25, -0.2) is 0 Å². The largest absolute Gasteiger partial charge is 0.573 e. The van der Waals surface area contributed by atoms with Gasteiger partial charge in [-0.15, -0.1) is 18.3 Å². The van der Waals surface area contributed by atoms with Crippen molar-refractivity contribution in [3.05, 3.63) is 53.7 Å². The summed E-state index contributed by atoms with van der Waals surface area (Å²) in [5.41, 5.74) is 2.27. The highest BCUT2D eigenvalue weighted by atomic mass is 32.1. The molecule has 1 N–H and O–H groups in total. The molecule has 0 amide bonds. The average molecular weight is 406 g/mol. The van der Waals surface area contributed by atoms with Gasteiger partial charge in [-0.1, -0.05) is 16.6 Å². The zero-order chi connectivity index (χ0) is 19.7. The Bertz CT molecular complexity index is 1170. The van der Waals surface area contributed by atoms with Crippen LogP contribution in [0.15, 0.2) is 48.9 Å². The third-order valence-corrected chi connectivity index (χ3v) is 4.94. The number of hydrogen-bond acceptors (Lipinski definition) is 6. The summed E-state index contributed by atoms with van der Waals surface area (Å²) < 4.78 is 45.0. The molecule has 144 valence electrons. The molecule has 0 bridgehead atoms. The van der Waals surface area contributed by atoms with Gasteiger partial charge in [0.2, 0.25) is 0 Å². The number of benzene rings is 1. The number of thiazole rings is 1. The van der Waals surface area contributed by atoms with Crippen molar-refractivity contribution >= 4 is 21.6 Å². The first-order valence-corrected chi connectivity index (χ1v) is 8.95. The molecule has 0 unspecified atom stereocenters. The topological polar surface area (TPSA) is 81.6 Å². The number of nitrogens with zero attached hydrogens (tertiary/aromatic N) is 5. The van der Waals surface area contributed by atoms with Gasteiger partial charge in [0, 0.05) is 24.5 Å². The Labute approximate surface area is 160 Å². The number of ether oxygens (including phenoxy) is 1. The lowest BCUT2D eigenvalue weighted by molar-refractivity contribution is -0.274. The summed E-state index contributed by atoms with van der Waals surface area (Å²) in [7, 11) is 0. The molecule has 0 aliphatic heterocycles. The summed E-state index contributed by atoms with van der Waals surface area (Å²) in [6.45, 7) is 0.888. The Morgan fingerprint density at radius 2 is 1.89 bits per heavy atom. The van der Waals surface area contributed by atoms with E-state index in [2.05, 4.69) is 20.0 Å². The monoisotopic (exact) mass is 406 g/mol. The van der Waals surface area contributed by atoms with E-state index >= 15 is 0 Å². The summed E-state index contributed by atoms with van der Waals surface area (Å²) >= 11 is 1.09. The van der Waals surface area contributed by atoms with Crippen LogP contribution in [-0.4, -0.2) is 30.9 Å². The predicted molar refractivity (Wildman–Crippen MR) is 95.6 cm³/mol. The van der Waals surface area contributed by atoms with Crippen molar-refractivity contribution in [1.29, 1.82) is 5.41 Å². The second-order valence-corrected chi connectivity index (χ2v) is 6.87. The highest BCUT2D eigenvalue weighted by Crippen LogP contribution is 2.27. The van der Waals surface area contributed by atoms with Crippen molar-refractivity contribution in [2.24, 2.45) is 0 Å².